The van der Waals surface area contributed by atoms with Crippen LogP contribution in [0.25, 0.3) is 0 Å². The third-order valence-electron chi connectivity index (χ3n) is 2.94. The fraction of sp³-hybridized carbons (Fsp3) is 0.615. The Morgan fingerprint density at radius 3 is 2.94 bits per heavy atom. The van der Waals surface area contributed by atoms with E-state index in [-0.39, 0.29) is 18.1 Å². The minimum atomic E-state index is -0.288. The third kappa shape index (κ3) is 3.48. The van der Waals surface area contributed by atoms with E-state index in [1.165, 1.54) is 6.20 Å². The summed E-state index contributed by atoms with van der Waals surface area (Å²) in [6.07, 6.45) is 4.21. The van der Waals surface area contributed by atoms with E-state index >= 15 is 0 Å². The van der Waals surface area contributed by atoms with Crippen LogP contribution in [-0.2, 0) is 9.47 Å². The van der Waals surface area contributed by atoms with E-state index in [2.05, 4.69) is 17.2 Å². The van der Waals surface area contributed by atoms with Gasteiger partial charge in [-0.15, -0.1) is 0 Å². The first-order valence-corrected chi connectivity index (χ1v) is 6.37. The molecule has 0 aromatic carbocycles. The summed E-state index contributed by atoms with van der Waals surface area (Å²) in [5.41, 5.74) is 0.623. The zero-order chi connectivity index (χ0) is 12.8. The molecule has 100 valence electrons. The van der Waals surface area contributed by atoms with Crippen LogP contribution in [0.5, 0.6) is 0 Å². The first kappa shape index (κ1) is 13.4. The molecule has 0 amide bonds. The molecule has 0 bridgehead atoms. The molecule has 1 aliphatic heterocycles. The van der Waals surface area contributed by atoms with Crippen LogP contribution < -0.4 is 5.32 Å². The highest BCUT2D eigenvalue weighted by molar-refractivity contribution is 5.17. The summed E-state index contributed by atoms with van der Waals surface area (Å²) in [4.78, 5) is 3.77. The molecule has 4 nitrogen and oxygen atoms in total. The highest BCUT2D eigenvalue weighted by Crippen LogP contribution is 2.24. The lowest BCUT2D eigenvalue weighted by Crippen LogP contribution is -2.27. The first-order chi connectivity index (χ1) is 8.81. The minimum absolute atomic E-state index is 0.101. The van der Waals surface area contributed by atoms with Crippen molar-refractivity contribution >= 4 is 0 Å². The Balaban J connectivity index is 2.06. The molecule has 0 radical (unpaired) electrons. The van der Waals surface area contributed by atoms with Gasteiger partial charge in [0.15, 0.2) is 6.29 Å². The Hall–Kier alpha value is -1.04. The van der Waals surface area contributed by atoms with Crippen molar-refractivity contribution in [2.75, 3.05) is 19.8 Å². The molecule has 1 N–H and O–H groups in total. The zero-order valence-electron chi connectivity index (χ0n) is 10.6. The van der Waals surface area contributed by atoms with Crippen molar-refractivity contribution < 1.29 is 13.9 Å². The average molecular weight is 254 g/mol. The van der Waals surface area contributed by atoms with E-state index in [1.54, 1.807) is 12.3 Å². The van der Waals surface area contributed by atoms with E-state index in [4.69, 9.17) is 9.47 Å². The van der Waals surface area contributed by atoms with Gasteiger partial charge in [-0.25, -0.2) is 4.39 Å². The highest BCUT2D eigenvalue weighted by atomic mass is 19.1. The van der Waals surface area contributed by atoms with E-state index in [9.17, 15) is 4.39 Å². The number of pyridine rings is 1. The summed E-state index contributed by atoms with van der Waals surface area (Å²) in [6, 6.07) is 1.61. The number of aromatic nitrogens is 1. The van der Waals surface area contributed by atoms with Crippen LogP contribution in [0.15, 0.2) is 18.5 Å². The van der Waals surface area contributed by atoms with Gasteiger partial charge < -0.3 is 14.8 Å². The van der Waals surface area contributed by atoms with Crippen molar-refractivity contribution in [2.24, 2.45) is 0 Å². The Morgan fingerprint density at radius 2 is 2.28 bits per heavy atom. The average Bonchev–Trinajstić information content (AvgIpc) is 2.88. The normalized spacial score (nSPS) is 18.1. The van der Waals surface area contributed by atoms with Gasteiger partial charge in [0, 0.05) is 24.2 Å². The molecule has 1 fully saturated rings. The molecule has 0 aliphatic carbocycles. The Morgan fingerprint density at radius 1 is 1.50 bits per heavy atom. The molecule has 1 unspecified atom stereocenters. The molecule has 1 atom stereocenters. The van der Waals surface area contributed by atoms with E-state index in [0.717, 1.165) is 13.0 Å². The Bertz CT molecular complexity index is 370. The number of nitrogens with zero attached hydrogens (tertiary/aromatic N) is 1. The maximum atomic E-state index is 13.8. The van der Waals surface area contributed by atoms with Gasteiger partial charge in [0.2, 0.25) is 0 Å². The van der Waals surface area contributed by atoms with Crippen molar-refractivity contribution in [2.45, 2.75) is 32.1 Å². The zero-order valence-corrected chi connectivity index (χ0v) is 10.6. The van der Waals surface area contributed by atoms with Gasteiger partial charge in [-0.3, -0.25) is 4.98 Å². The maximum absolute atomic E-state index is 13.8. The van der Waals surface area contributed by atoms with Crippen molar-refractivity contribution in [1.82, 2.24) is 10.3 Å². The predicted molar refractivity (Wildman–Crippen MR) is 65.5 cm³/mol. The number of ether oxygens (including phenoxy) is 2. The lowest BCUT2D eigenvalue weighted by atomic mass is 10.0. The van der Waals surface area contributed by atoms with Crippen LogP contribution in [-0.4, -0.2) is 31.0 Å². The number of halogens is 1. The Labute approximate surface area is 107 Å². The van der Waals surface area contributed by atoms with Crippen molar-refractivity contribution in [3.05, 3.63) is 29.8 Å². The molecule has 18 heavy (non-hydrogen) atoms. The first-order valence-electron chi connectivity index (χ1n) is 6.37. The highest BCUT2D eigenvalue weighted by Gasteiger charge is 2.23. The topological polar surface area (TPSA) is 43.4 Å². The second kappa shape index (κ2) is 6.78. The summed E-state index contributed by atoms with van der Waals surface area (Å²) in [5.74, 6) is -0.288. The van der Waals surface area contributed by atoms with Crippen LogP contribution in [0.1, 0.15) is 31.4 Å². The van der Waals surface area contributed by atoms with Crippen molar-refractivity contribution in [3.8, 4) is 0 Å². The molecular weight excluding hydrogens is 235 g/mol. The van der Waals surface area contributed by atoms with Gasteiger partial charge >= 0.3 is 0 Å². The number of hydrogen-bond donors (Lipinski definition) is 1. The second-order valence-electron chi connectivity index (χ2n) is 4.31. The molecular formula is C13H19FN2O2. The largest absolute Gasteiger partial charge is 0.350 e. The smallest absolute Gasteiger partial charge is 0.159 e. The van der Waals surface area contributed by atoms with Crippen LogP contribution >= 0.6 is 0 Å². The lowest BCUT2D eigenvalue weighted by molar-refractivity contribution is -0.0531. The minimum Gasteiger partial charge on any atom is -0.350 e. The quantitative estimate of drug-likeness (QED) is 0.843. The second-order valence-corrected chi connectivity index (χ2v) is 4.31. The molecule has 0 spiro atoms. The molecule has 1 aliphatic rings. The molecule has 2 heterocycles. The fourth-order valence-electron chi connectivity index (χ4n) is 2.04. The van der Waals surface area contributed by atoms with E-state index in [0.29, 0.717) is 25.2 Å². The Kier molecular flexibility index (Phi) is 5.04. The summed E-state index contributed by atoms with van der Waals surface area (Å²) in [7, 11) is 0. The molecule has 1 aromatic rings. The van der Waals surface area contributed by atoms with Crippen LogP contribution in [0, 0.1) is 5.82 Å². The summed E-state index contributed by atoms with van der Waals surface area (Å²) in [5, 5.41) is 3.33. The van der Waals surface area contributed by atoms with Crippen LogP contribution in [0.4, 0.5) is 4.39 Å². The lowest BCUT2D eigenvalue weighted by Gasteiger charge is -2.21. The number of nitrogens with one attached hydrogen (secondary N) is 1. The predicted octanol–water partition coefficient (Wildman–Crippen LogP) is 2.02. The standard InChI is InChI=1S/C13H19FN2O2/c1-2-4-16-12(8-13-17-6-7-18-13)10-3-5-15-9-11(10)14/h3,5,9,12-13,16H,2,4,6-8H2,1H3. The molecule has 0 saturated carbocycles. The third-order valence-corrected chi connectivity index (χ3v) is 2.94. The summed E-state index contributed by atoms with van der Waals surface area (Å²) in [6.45, 7) is 4.14. The van der Waals surface area contributed by atoms with Crippen molar-refractivity contribution in [1.29, 1.82) is 0 Å². The maximum Gasteiger partial charge on any atom is 0.159 e. The van der Waals surface area contributed by atoms with Crippen LogP contribution in [0.2, 0.25) is 0 Å². The van der Waals surface area contributed by atoms with Gasteiger partial charge in [-0.1, -0.05) is 6.92 Å². The van der Waals surface area contributed by atoms with Gasteiger partial charge in [0.1, 0.15) is 5.82 Å². The summed E-state index contributed by atoms with van der Waals surface area (Å²) >= 11 is 0. The molecule has 2 rings (SSSR count). The van der Waals surface area contributed by atoms with Crippen molar-refractivity contribution in [3.63, 3.8) is 0 Å². The van der Waals surface area contributed by atoms with E-state index in [1.807, 2.05) is 0 Å². The van der Waals surface area contributed by atoms with Crippen LogP contribution in [0.3, 0.4) is 0 Å². The van der Waals surface area contributed by atoms with Gasteiger partial charge in [0.25, 0.3) is 0 Å². The fourth-order valence-corrected chi connectivity index (χ4v) is 2.04. The number of rotatable bonds is 6. The summed E-state index contributed by atoms with van der Waals surface area (Å²) < 4.78 is 24.6. The molecule has 1 aromatic heterocycles. The van der Waals surface area contributed by atoms with Gasteiger partial charge in [0.05, 0.1) is 19.4 Å². The number of hydrogen-bond acceptors (Lipinski definition) is 4. The van der Waals surface area contributed by atoms with Gasteiger partial charge in [-0.05, 0) is 19.0 Å². The monoisotopic (exact) mass is 254 g/mol. The van der Waals surface area contributed by atoms with E-state index < -0.39 is 0 Å². The van der Waals surface area contributed by atoms with Gasteiger partial charge in [-0.2, -0.15) is 0 Å². The molecule has 5 heteroatoms. The molecule has 1 saturated heterocycles. The SMILES string of the molecule is CCCNC(CC1OCCO1)c1ccncc1F.